The number of carbonyl (C=O) groups is 1. The van der Waals surface area contributed by atoms with Crippen LogP contribution in [0.3, 0.4) is 0 Å². The lowest BCUT2D eigenvalue weighted by Gasteiger charge is -2.13. The molecule has 0 heterocycles. The molecule has 0 aliphatic rings. The van der Waals surface area contributed by atoms with E-state index < -0.39 is 22.5 Å². The van der Waals surface area contributed by atoms with E-state index in [1.54, 1.807) is 25.1 Å². The molecule has 0 atom stereocenters. The van der Waals surface area contributed by atoms with Crippen LogP contribution >= 0.6 is 11.6 Å². The van der Waals surface area contributed by atoms with Crippen LogP contribution in [-0.2, 0) is 14.8 Å². The number of ether oxygens (including phenoxy) is 1. The van der Waals surface area contributed by atoms with Crippen molar-refractivity contribution in [1.29, 1.82) is 0 Å². The molecule has 0 spiro atoms. The van der Waals surface area contributed by atoms with Crippen LogP contribution in [0.25, 0.3) is 0 Å². The van der Waals surface area contributed by atoms with Crippen LogP contribution in [0.1, 0.15) is 16.7 Å². The van der Waals surface area contributed by atoms with Crippen molar-refractivity contribution in [2.24, 2.45) is 0 Å². The third-order valence-electron chi connectivity index (χ3n) is 3.73. The van der Waals surface area contributed by atoms with Gasteiger partial charge in [0.05, 0.1) is 24.4 Å². The minimum Gasteiger partial charge on any atom is -0.495 e. The molecule has 6 nitrogen and oxygen atoms in total. The molecule has 8 heteroatoms. The number of carbonyl (C=O) groups excluding carboxylic acids is 1. The summed E-state index contributed by atoms with van der Waals surface area (Å²) in [5, 5.41) is 3.04. The van der Waals surface area contributed by atoms with Gasteiger partial charge in [0.25, 0.3) is 0 Å². The minimum atomic E-state index is -3.91. The van der Waals surface area contributed by atoms with E-state index in [1.807, 2.05) is 19.9 Å². The largest absolute Gasteiger partial charge is 0.495 e. The standard InChI is InChI=1S/C18H21ClN2O4S/c1-11-5-6-15(25-4)16(9-11)26(23,24)20-10-17(22)21-18-13(3)7-12(2)8-14(18)19/h5-9,20H,10H2,1-4H3,(H,21,22). The normalized spacial score (nSPS) is 11.3. The van der Waals surface area contributed by atoms with Gasteiger partial charge < -0.3 is 10.1 Å². The maximum atomic E-state index is 12.5. The second-order valence-electron chi connectivity index (χ2n) is 5.97. The number of hydrogen-bond acceptors (Lipinski definition) is 4. The monoisotopic (exact) mass is 396 g/mol. The summed E-state index contributed by atoms with van der Waals surface area (Å²) >= 11 is 6.15. The van der Waals surface area contributed by atoms with Gasteiger partial charge >= 0.3 is 0 Å². The van der Waals surface area contributed by atoms with Crippen molar-refractivity contribution >= 4 is 33.2 Å². The molecule has 0 aromatic heterocycles. The lowest BCUT2D eigenvalue weighted by atomic mass is 10.1. The van der Waals surface area contributed by atoms with Crippen molar-refractivity contribution in [2.75, 3.05) is 19.0 Å². The van der Waals surface area contributed by atoms with Gasteiger partial charge in [0.15, 0.2) is 0 Å². The Kier molecular flexibility index (Phi) is 6.28. The van der Waals surface area contributed by atoms with Crippen LogP contribution in [0, 0.1) is 20.8 Å². The second kappa shape index (κ2) is 8.07. The number of hydrogen-bond donors (Lipinski definition) is 2. The van der Waals surface area contributed by atoms with E-state index in [0.29, 0.717) is 10.7 Å². The topological polar surface area (TPSA) is 84.5 Å². The van der Waals surface area contributed by atoms with Gasteiger partial charge in [0, 0.05) is 0 Å². The number of benzene rings is 2. The zero-order chi connectivity index (χ0) is 19.5. The SMILES string of the molecule is COc1ccc(C)cc1S(=O)(=O)NCC(=O)Nc1c(C)cc(C)cc1Cl. The molecule has 0 aliphatic carbocycles. The average Bonchev–Trinajstić information content (AvgIpc) is 2.56. The number of amides is 1. The Morgan fingerprint density at radius 1 is 1.12 bits per heavy atom. The smallest absolute Gasteiger partial charge is 0.244 e. The fourth-order valence-electron chi connectivity index (χ4n) is 2.49. The van der Waals surface area contributed by atoms with E-state index in [0.717, 1.165) is 16.7 Å². The predicted octanol–water partition coefficient (Wildman–Crippen LogP) is 3.19. The van der Waals surface area contributed by atoms with Crippen LogP contribution in [-0.4, -0.2) is 28.0 Å². The fourth-order valence-corrected chi connectivity index (χ4v) is 4.09. The Labute approximate surface area is 158 Å². The van der Waals surface area contributed by atoms with Crippen LogP contribution in [0.4, 0.5) is 5.69 Å². The van der Waals surface area contributed by atoms with E-state index >= 15 is 0 Å². The molecule has 0 fully saturated rings. The molecular formula is C18H21ClN2O4S. The number of sulfonamides is 1. The molecule has 0 saturated carbocycles. The summed E-state index contributed by atoms with van der Waals surface area (Å²) in [6.07, 6.45) is 0. The molecule has 0 unspecified atom stereocenters. The third kappa shape index (κ3) is 4.75. The first-order valence-corrected chi connectivity index (χ1v) is 9.71. The van der Waals surface area contributed by atoms with Gasteiger partial charge in [-0.1, -0.05) is 23.7 Å². The lowest BCUT2D eigenvalue weighted by molar-refractivity contribution is -0.115. The molecule has 2 aromatic rings. The summed E-state index contributed by atoms with van der Waals surface area (Å²) in [6.45, 7) is 5.06. The second-order valence-corrected chi connectivity index (χ2v) is 8.11. The van der Waals surface area contributed by atoms with Crippen LogP contribution < -0.4 is 14.8 Å². The third-order valence-corrected chi connectivity index (χ3v) is 5.45. The van der Waals surface area contributed by atoms with Crippen molar-refractivity contribution in [3.05, 3.63) is 52.0 Å². The van der Waals surface area contributed by atoms with Gasteiger partial charge in [0.1, 0.15) is 10.6 Å². The van der Waals surface area contributed by atoms with Crippen molar-refractivity contribution in [3.63, 3.8) is 0 Å². The Morgan fingerprint density at radius 3 is 2.42 bits per heavy atom. The highest BCUT2D eigenvalue weighted by molar-refractivity contribution is 7.89. The van der Waals surface area contributed by atoms with Gasteiger partial charge in [0.2, 0.25) is 15.9 Å². The number of methoxy groups -OCH3 is 1. The number of nitrogens with one attached hydrogen (secondary N) is 2. The van der Waals surface area contributed by atoms with Crippen LogP contribution in [0.15, 0.2) is 35.2 Å². The molecule has 0 aliphatic heterocycles. The zero-order valence-corrected chi connectivity index (χ0v) is 16.6. The van der Waals surface area contributed by atoms with Crippen molar-refractivity contribution < 1.29 is 17.9 Å². The van der Waals surface area contributed by atoms with Crippen molar-refractivity contribution in [2.45, 2.75) is 25.7 Å². The van der Waals surface area contributed by atoms with Crippen molar-refractivity contribution in [3.8, 4) is 5.75 Å². The van der Waals surface area contributed by atoms with Gasteiger partial charge in [-0.3, -0.25) is 4.79 Å². The lowest BCUT2D eigenvalue weighted by Crippen LogP contribution is -2.33. The molecular weight excluding hydrogens is 376 g/mol. The predicted molar refractivity (Wildman–Crippen MR) is 102 cm³/mol. The van der Waals surface area contributed by atoms with Crippen LogP contribution in [0.2, 0.25) is 5.02 Å². The number of rotatable bonds is 6. The van der Waals surface area contributed by atoms with Gasteiger partial charge in [-0.2, -0.15) is 0 Å². The Balaban J connectivity index is 2.13. The van der Waals surface area contributed by atoms with Crippen LogP contribution in [0.5, 0.6) is 5.75 Å². The molecule has 2 rings (SSSR count). The summed E-state index contributed by atoms with van der Waals surface area (Å²) in [4.78, 5) is 12.2. The fraction of sp³-hybridized carbons (Fsp3) is 0.278. The van der Waals surface area contributed by atoms with E-state index in [4.69, 9.17) is 16.3 Å². The summed E-state index contributed by atoms with van der Waals surface area (Å²) in [7, 11) is -2.52. The maximum Gasteiger partial charge on any atom is 0.244 e. The molecule has 2 aromatic carbocycles. The van der Waals surface area contributed by atoms with E-state index in [-0.39, 0.29) is 10.6 Å². The summed E-state index contributed by atoms with van der Waals surface area (Å²) in [6, 6.07) is 8.40. The highest BCUT2D eigenvalue weighted by Gasteiger charge is 2.21. The Morgan fingerprint density at radius 2 is 1.81 bits per heavy atom. The molecule has 140 valence electrons. The first kappa shape index (κ1) is 20.2. The van der Waals surface area contributed by atoms with Gasteiger partial charge in [-0.05, 0) is 55.7 Å². The first-order valence-electron chi connectivity index (χ1n) is 7.85. The van der Waals surface area contributed by atoms with Gasteiger partial charge in [-0.25, -0.2) is 13.1 Å². The molecule has 0 saturated heterocycles. The highest BCUT2D eigenvalue weighted by atomic mass is 35.5. The zero-order valence-electron chi connectivity index (χ0n) is 15.0. The summed E-state index contributed by atoms with van der Waals surface area (Å²) < 4.78 is 32.4. The number of aryl methyl sites for hydroxylation is 3. The molecule has 0 radical (unpaired) electrons. The number of halogens is 1. The van der Waals surface area contributed by atoms with Gasteiger partial charge in [-0.15, -0.1) is 0 Å². The summed E-state index contributed by atoms with van der Waals surface area (Å²) in [5.74, 6) is -0.310. The first-order chi connectivity index (χ1) is 12.1. The Bertz CT molecular complexity index is 919. The maximum absolute atomic E-state index is 12.5. The molecule has 2 N–H and O–H groups in total. The minimum absolute atomic E-state index is 0.0163. The molecule has 0 bridgehead atoms. The molecule has 1 amide bonds. The number of anilines is 1. The van der Waals surface area contributed by atoms with Crippen molar-refractivity contribution in [1.82, 2.24) is 4.72 Å². The van der Waals surface area contributed by atoms with E-state index in [1.165, 1.54) is 13.2 Å². The average molecular weight is 397 g/mol. The highest BCUT2D eigenvalue weighted by Crippen LogP contribution is 2.27. The van der Waals surface area contributed by atoms with E-state index in [2.05, 4.69) is 10.0 Å². The molecule has 26 heavy (non-hydrogen) atoms. The summed E-state index contributed by atoms with van der Waals surface area (Å²) in [5.41, 5.74) is 3.00. The Hall–Kier alpha value is -2.09. The quantitative estimate of drug-likeness (QED) is 0.785. The van der Waals surface area contributed by atoms with E-state index in [9.17, 15) is 13.2 Å².